The predicted molar refractivity (Wildman–Crippen MR) is 103 cm³/mol. The van der Waals surface area contributed by atoms with Crippen LogP contribution in [0.15, 0.2) is 22.5 Å². The maximum absolute atomic E-state index is 12.8. The summed E-state index contributed by atoms with van der Waals surface area (Å²) in [7, 11) is 0. The van der Waals surface area contributed by atoms with Crippen LogP contribution in [0.3, 0.4) is 0 Å². The van der Waals surface area contributed by atoms with Gasteiger partial charge >= 0.3 is 12.1 Å². The van der Waals surface area contributed by atoms with Crippen LogP contribution in [0.5, 0.6) is 0 Å². The van der Waals surface area contributed by atoms with E-state index in [0.717, 1.165) is 34.2 Å². The number of carbonyl (C=O) groups excluding carboxylic acids is 1. The number of aliphatic carboxylic acids is 1. The maximum Gasteiger partial charge on any atom is 0.421 e. The largest absolute Gasteiger partial charge is 0.481 e. The number of carbonyl (C=O) groups is 2. The fourth-order valence-electron chi connectivity index (χ4n) is 2.04. The number of benzene rings is 1. The normalized spacial score (nSPS) is 11.3. The highest BCUT2D eigenvalue weighted by Gasteiger charge is 2.29. The van der Waals surface area contributed by atoms with Crippen molar-refractivity contribution >= 4 is 46.0 Å². The number of rotatable bonds is 5. The van der Waals surface area contributed by atoms with Crippen molar-refractivity contribution in [1.82, 2.24) is 10.2 Å². The van der Waals surface area contributed by atoms with Crippen LogP contribution < -0.4 is 4.90 Å². The Labute approximate surface area is 160 Å². The minimum absolute atomic E-state index is 0.120. The standard InChI is InChI=1S/C17H21N3O4S2/c1-10-7-6-8-12(11(10)2)20(16(23)24-17(3,4)5)14-18-19-15(26-14)25-9-13(21)22/h6-8H,9H2,1-5H3,(H,21,22). The second-order valence-corrected chi connectivity index (χ2v) is 8.75. The lowest BCUT2D eigenvalue weighted by molar-refractivity contribution is -0.133. The van der Waals surface area contributed by atoms with Gasteiger partial charge in [0.1, 0.15) is 5.60 Å². The van der Waals surface area contributed by atoms with Gasteiger partial charge < -0.3 is 9.84 Å². The first-order valence-corrected chi connectivity index (χ1v) is 9.66. The molecule has 0 saturated heterocycles. The Hall–Kier alpha value is -2.13. The summed E-state index contributed by atoms with van der Waals surface area (Å²) in [5.41, 5.74) is 1.94. The summed E-state index contributed by atoms with van der Waals surface area (Å²) in [5.74, 6) is -1.06. The molecular formula is C17H21N3O4S2. The summed E-state index contributed by atoms with van der Waals surface area (Å²) in [6.07, 6.45) is -0.558. The molecule has 0 unspecified atom stereocenters. The van der Waals surface area contributed by atoms with Gasteiger partial charge in [-0.3, -0.25) is 4.79 Å². The number of carboxylic acid groups (broad SMARTS) is 1. The number of hydrogen-bond donors (Lipinski definition) is 1. The summed E-state index contributed by atoms with van der Waals surface area (Å²) in [6.45, 7) is 9.25. The first-order chi connectivity index (χ1) is 12.1. The average molecular weight is 396 g/mol. The first-order valence-electron chi connectivity index (χ1n) is 7.86. The molecule has 0 radical (unpaired) electrons. The number of amides is 1. The molecule has 1 aromatic heterocycles. The van der Waals surface area contributed by atoms with Crippen LogP contribution >= 0.6 is 23.1 Å². The number of aryl methyl sites for hydroxylation is 1. The fourth-order valence-corrected chi connectivity index (χ4v) is 3.60. The van der Waals surface area contributed by atoms with Gasteiger partial charge in [-0.15, -0.1) is 10.2 Å². The molecule has 0 atom stereocenters. The fraction of sp³-hybridized carbons (Fsp3) is 0.412. The number of hydrogen-bond acceptors (Lipinski definition) is 7. The van der Waals surface area contributed by atoms with Gasteiger partial charge in [-0.05, 0) is 51.8 Å². The quantitative estimate of drug-likeness (QED) is 0.592. The lowest BCUT2D eigenvalue weighted by Gasteiger charge is -2.26. The number of ether oxygens (including phenoxy) is 1. The van der Waals surface area contributed by atoms with Crippen molar-refractivity contribution in [3.8, 4) is 0 Å². The molecular weight excluding hydrogens is 374 g/mol. The van der Waals surface area contributed by atoms with Gasteiger partial charge in [0.15, 0.2) is 4.34 Å². The molecule has 0 aliphatic heterocycles. The highest BCUT2D eigenvalue weighted by molar-refractivity contribution is 8.01. The van der Waals surface area contributed by atoms with Crippen molar-refractivity contribution in [3.05, 3.63) is 29.3 Å². The highest BCUT2D eigenvalue weighted by atomic mass is 32.2. The SMILES string of the molecule is Cc1cccc(N(C(=O)OC(C)(C)C)c2nnc(SCC(=O)O)s2)c1C. The van der Waals surface area contributed by atoms with E-state index in [0.29, 0.717) is 15.2 Å². The van der Waals surface area contributed by atoms with Crippen molar-refractivity contribution in [2.24, 2.45) is 0 Å². The van der Waals surface area contributed by atoms with Crippen LogP contribution in [0.4, 0.5) is 15.6 Å². The van der Waals surface area contributed by atoms with Crippen LogP contribution in [0.2, 0.25) is 0 Å². The molecule has 0 spiro atoms. The topological polar surface area (TPSA) is 92.6 Å². The van der Waals surface area contributed by atoms with Gasteiger partial charge in [0.25, 0.3) is 0 Å². The molecule has 1 heterocycles. The molecule has 1 amide bonds. The lowest BCUT2D eigenvalue weighted by Crippen LogP contribution is -2.34. The molecule has 0 aliphatic rings. The zero-order valence-electron chi connectivity index (χ0n) is 15.3. The maximum atomic E-state index is 12.8. The molecule has 26 heavy (non-hydrogen) atoms. The van der Waals surface area contributed by atoms with Crippen LogP contribution in [0.1, 0.15) is 31.9 Å². The molecule has 0 saturated carbocycles. The van der Waals surface area contributed by atoms with E-state index in [2.05, 4.69) is 10.2 Å². The van der Waals surface area contributed by atoms with Crippen LogP contribution in [0, 0.1) is 13.8 Å². The third-order valence-electron chi connectivity index (χ3n) is 3.30. The average Bonchev–Trinajstić information content (AvgIpc) is 2.96. The summed E-state index contributed by atoms with van der Waals surface area (Å²) < 4.78 is 6.01. The van der Waals surface area contributed by atoms with E-state index in [9.17, 15) is 9.59 Å². The van der Waals surface area contributed by atoms with Crippen LogP contribution in [0.25, 0.3) is 0 Å². The number of anilines is 2. The van der Waals surface area contributed by atoms with Crippen molar-refractivity contribution in [2.75, 3.05) is 10.7 Å². The van der Waals surface area contributed by atoms with E-state index < -0.39 is 17.7 Å². The van der Waals surface area contributed by atoms with Gasteiger partial charge in [0.05, 0.1) is 11.4 Å². The minimum Gasteiger partial charge on any atom is -0.481 e. The van der Waals surface area contributed by atoms with Gasteiger partial charge in [-0.25, -0.2) is 9.69 Å². The summed E-state index contributed by atoms with van der Waals surface area (Å²) in [6, 6.07) is 5.63. The van der Waals surface area contributed by atoms with E-state index >= 15 is 0 Å². The second-order valence-electron chi connectivity index (χ2n) is 6.57. The Bertz CT molecular complexity index is 815. The Kier molecular flexibility index (Phi) is 6.25. The van der Waals surface area contributed by atoms with Gasteiger partial charge in [0.2, 0.25) is 5.13 Å². The second kappa shape index (κ2) is 8.05. The van der Waals surface area contributed by atoms with Crippen LogP contribution in [-0.4, -0.2) is 38.7 Å². The van der Waals surface area contributed by atoms with Gasteiger partial charge in [0, 0.05) is 0 Å². The molecule has 0 fully saturated rings. The van der Waals surface area contributed by atoms with Crippen LogP contribution in [-0.2, 0) is 9.53 Å². The molecule has 1 N–H and O–H groups in total. The van der Waals surface area contributed by atoms with Crippen molar-refractivity contribution in [2.45, 2.75) is 44.6 Å². The predicted octanol–water partition coefficient (Wildman–Crippen LogP) is 4.40. The summed E-state index contributed by atoms with van der Waals surface area (Å²) in [4.78, 5) is 25.0. The molecule has 7 nitrogen and oxygen atoms in total. The number of thioether (sulfide) groups is 1. The summed E-state index contributed by atoms with van der Waals surface area (Å²) in [5, 5.41) is 17.2. The molecule has 2 rings (SSSR count). The molecule has 9 heteroatoms. The third kappa shape index (κ3) is 5.18. The highest BCUT2D eigenvalue weighted by Crippen LogP contribution is 2.35. The van der Waals surface area contributed by atoms with E-state index in [1.165, 1.54) is 4.90 Å². The van der Waals surface area contributed by atoms with Crippen molar-refractivity contribution in [1.29, 1.82) is 0 Å². The third-order valence-corrected chi connectivity index (χ3v) is 5.33. The zero-order chi connectivity index (χ0) is 19.5. The van der Waals surface area contributed by atoms with Crippen molar-refractivity contribution in [3.63, 3.8) is 0 Å². The van der Waals surface area contributed by atoms with E-state index in [1.807, 2.05) is 32.0 Å². The Morgan fingerprint density at radius 1 is 1.27 bits per heavy atom. The smallest absolute Gasteiger partial charge is 0.421 e. The number of carboxylic acids is 1. The minimum atomic E-state index is -0.940. The van der Waals surface area contributed by atoms with Gasteiger partial charge in [-0.2, -0.15) is 0 Å². The summed E-state index contributed by atoms with van der Waals surface area (Å²) >= 11 is 2.21. The Morgan fingerprint density at radius 3 is 2.58 bits per heavy atom. The van der Waals surface area contributed by atoms with E-state index in [-0.39, 0.29) is 5.75 Å². The van der Waals surface area contributed by atoms with Gasteiger partial charge in [-0.1, -0.05) is 35.2 Å². The molecule has 140 valence electrons. The Morgan fingerprint density at radius 2 is 1.96 bits per heavy atom. The zero-order valence-corrected chi connectivity index (χ0v) is 16.9. The molecule has 2 aromatic rings. The lowest BCUT2D eigenvalue weighted by atomic mass is 10.1. The van der Waals surface area contributed by atoms with E-state index in [1.54, 1.807) is 20.8 Å². The Balaban J connectivity index is 2.42. The van der Waals surface area contributed by atoms with E-state index in [4.69, 9.17) is 9.84 Å². The van der Waals surface area contributed by atoms with Crippen molar-refractivity contribution < 1.29 is 19.4 Å². The number of nitrogens with zero attached hydrogens (tertiary/aromatic N) is 3. The molecule has 1 aromatic carbocycles. The first kappa shape index (κ1) is 20.2. The molecule has 0 aliphatic carbocycles. The number of aromatic nitrogens is 2. The molecule has 0 bridgehead atoms. The monoisotopic (exact) mass is 395 g/mol.